The number of aliphatic carboxylic acids is 1. The molecular weight excluding hydrogens is 452 g/mol. The summed E-state index contributed by atoms with van der Waals surface area (Å²) in [5.41, 5.74) is 2.88. The van der Waals surface area contributed by atoms with E-state index in [4.69, 9.17) is 14.2 Å². The zero-order chi connectivity index (χ0) is 25.4. The quantitative estimate of drug-likeness (QED) is 0.476. The molecule has 2 amide bonds. The number of alkyl carbamates (subject to hydrolysis) is 1. The van der Waals surface area contributed by atoms with Crippen molar-refractivity contribution in [2.24, 2.45) is 0 Å². The van der Waals surface area contributed by atoms with Gasteiger partial charge in [0.2, 0.25) is 0 Å². The summed E-state index contributed by atoms with van der Waals surface area (Å²) in [6.45, 7) is 1.34. The van der Waals surface area contributed by atoms with Gasteiger partial charge in [-0.2, -0.15) is 0 Å². The molecule has 2 aromatic carbocycles. The number of carbonyl (C=O) groups excluding carboxylic acids is 2. The van der Waals surface area contributed by atoms with Gasteiger partial charge in [0.15, 0.2) is 0 Å². The van der Waals surface area contributed by atoms with Gasteiger partial charge in [0, 0.05) is 26.7 Å². The fourth-order valence-electron chi connectivity index (χ4n) is 4.49. The van der Waals surface area contributed by atoms with Crippen molar-refractivity contribution in [1.82, 2.24) is 10.2 Å². The van der Waals surface area contributed by atoms with E-state index in [0.29, 0.717) is 0 Å². The molecule has 9 nitrogen and oxygen atoms in total. The van der Waals surface area contributed by atoms with E-state index in [-0.39, 0.29) is 38.7 Å². The van der Waals surface area contributed by atoms with Gasteiger partial charge in [0.1, 0.15) is 18.7 Å². The van der Waals surface area contributed by atoms with Gasteiger partial charge in [-0.3, -0.25) is 9.59 Å². The Morgan fingerprint density at radius 3 is 2.11 bits per heavy atom. The lowest BCUT2D eigenvalue weighted by Gasteiger charge is -2.36. The Bertz CT molecular complexity index is 1010. The van der Waals surface area contributed by atoms with E-state index in [2.05, 4.69) is 5.32 Å². The molecule has 0 fully saturated rings. The summed E-state index contributed by atoms with van der Waals surface area (Å²) in [4.78, 5) is 38.8. The zero-order valence-corrected chi connectivity index (χ0v) is 20.3. The summed E-state index contributed by atoms with van der Waals surface area (Å²) >= 11 is 0. The summed E-state index contributed by atoms with van der Waals surface area (Å²) in [6.07, 6.45) is -0.603. The highest BCUT2D eigenvalue weighted by Crippen LogP contribution is 2.44. The van der Waals surface area contributed by atoms with E-state index < -0.39 is 30.1 Å². The van der Waals surface area contributed by atoms with E-state index in [1.165, 1.54) is 14.2 Å². The Morgan fingerprint density at radius 1 is 1.00 bits per heavy atom. The van der Waals surface area contributed by atoms with Crippen LogP contribution in [0.2, 0.25) is 0 Å². The van der Waals surface area contributed by atoms with E-state index in [1.807, 2.05) is 48.5 Å². The molecule has 0 saturated heterocycles. The second-order valence-corrected chi connectivity index (χ2v) is 8.43. The summed E-state index contributed by atoms with van der Waals surface area (Å²) in [7, 11) is 2.87. The Labute approximate surface area is 205 Å². The first-order valence-electron chi connectivity index (χ1n) is 11.5. The molecule has 2 aromatic rings. The predicted octanol–water partition coefficient (Wildman–Crippen LogP) is 2.88. The molecule has 188 valence electrons. The van der Waals surface area contributed by atoms with Crippen molar-refractivity contribution in [3.8, 4) is 11.1 Å². The number of carboxylic acids is 1. The molecule has 0 bridgehead atoms. The third-order valence-corrected chi connectivity index (χ3v) is 6.27. The number of carbonyl (C=O) groups is 3. The molecule has 0 radical (unpaired) electrons. The summed E-state index contributed by atoms with van der Waals surface area (Å²) in [6, 6.07) is 16.0. The summed E-state index contributed by atoms with van der Waals surface area (Å²) in [5, 5.41) is 11.9. The van der Waals surface area contributed by atoms with Crippen molar-refractivity contribution < 1.29 is 33.7 Å². The lowest BCUT2D eigenvalue weighted by molar-refractivity contribution is -0.149. The first-order chi connectivity index (χ1) is 16.9. The number of nitrogens with zero attached hydrogens (tertiary/aromatic N) is 1. The normalized spacial score (nSPS) is 13.9. The molecule has 1 aliphatic carbocycles. The smallest absolute Gasteiger partial charge is 0.408 e. The fraction of sp³-hybridized carbons (Fsp3) is 0.423. The molecule has 0 aromatic heterocycles. The molecule has 1 unspecified atom stereocenters. The molecule has 0 spiro atoms. The van der Waals surface area contributed by atoms with Gasteiger partial charge in [-0.25, -0.2) is 4.79 Å². The largest absolute Gasteiger partial charge is 0.480 e. The maximum atomic E-state index is 13.4. The Kier molecular flexibility index (Phi) is 8.84. The predicted molar refractivity (Wildman–Crippen MR) is 129 cm³/mol. The lowest BCUT2D eigenvalue weighted by atomic mass is 9.95. The summed E-state index contributed by atoms with van der Waals surface area (Å²) in [5.74, 6) is -1.87. The first kappa shape index (κ1) is 26.2. The second-order valence-electron chi connectivity index (χ2n) is 8.43. The van der Waals surface area contributed by atoms with Crippen molar-refractivity contribution in [3.63, 3.8) is 0 Å². The summed E-state index contributed by atoms with van der Waals surface area (Å²) < 4.78 is 15.9. The third-order valence-electron chi connectivity index (χ3n) is 6.27. The van der Waals surface area contributed by atoms with Crippen LogP contribution in [0.1, 0.15) is 30.4 Å². The van der Waals surface area contributed by atoms with E-state index in [0.717, 1.165) is 27.2 Å². The maximum Gasteiger partial charge on any atom is 0.408 e. The van der Waals surface area contributed by atoms with Gasteiger partial charge in [-0.1, -0.05) is 55.5 Å². The van der Waals surface area contributed by atoms with Gasteiger partial charge >= 0.3 is 12.1 Å². The van der Waals surface area contributed by atoms with Crippen LogP contribution in [0.4, 0.5) is 4.79 Å². The number of methoxy groups -OCH3 is 2. The molecule has 3 rings (SSSR count). The molecule has 0 aliphatic heterocycles. The van der Waals surface area contributed by atoms with Crippen LogP contribution < -0.4 is 5.32 Å². The van der Waals surface area contributed by atoms with Gasteiger partial charge in [0.25, 0.3) is 5.91 Å². The third kappa shape index (κ3) is 5.80. The molecule has 2 N–H and O–H groups in total. The monoisotopic (exact) mass is 484 g/mol. The Morgan fingerprint density at radius 2 is 1.60 bits per heavy atom. The first-order valence-corrected chi connectivity index (χ1v) is 11.5. The highest BCUT2D eigenvalue weighted by molar-refractivity contribution is 5.92. The van der Waals surface area contributed by atoms with Crippen LogP contribution in [-0.4, -0.2) is 80.6 Å². The van der Waals surface area contributed by atoms with Crippen LogP contribution in [0.5, 0.6) is 0 Å². The average Bonchev–Trinajstić information content (AvgIpc) is 3.18. The van der Waals surface area contributed by atoms with E-state index in [1.54, 1.807) is 6.92 Å². The SMILES string of the molecule is CCC(COC)(NC(=O)OCC1c2ccccc2-c2ccccc21)C(=O)N(CCOC)CC(=O)O. The molecular formula is C26H32N2O7. The Hall–Kier alpha value is -3.43. The molecule has 1 aliphatic rings. The minimum Gasteiger partial charge on any atom is -0.480 e. The number of nitrogens with one attached hydrogen (secondary N) is 1. The minimum atomic E-state index is -1.49. The average molecular weight is 485 g/mol. The van der Waals surface area contributed by atoms with Crippen LogP contribution in [0.25, 0.3) is 11.1 Å². The standard InChI is InChI=1S/C26H32N2O7/c1-4-26(17-34-3,24(31)28(13-14-33-2)15-23(29)30)27-25(32)35-16-22-20-11-7-5-9-18(20)19-10-6-8-12-21(19)22/h5-12,22H,4,13-17H2,1-3H3,(H,27,32)(H,29,30). The van der Waals surface area contributed by atoms with Crippen LogP contribution in [0.3, 0.4) is 0 Å². The van der Waals surface area contributed by atoms with Crippen LogP contribution in [0, 0.1) is 0 Å². The van der Waals surface area contributed by atoms with Crippen LogP contribution >= 0.6 is 0 Å². The molecule has 35 heavy (non-hydrogen) atoms. The van der Waals surface area contributed by atoms with E-state index >= 15 is 0 Å². The topological polar surface area (TPSA) is 114 Å². The zero-order valence-electron chi connectivity index (χ0n) is 20.3. The molecule has 1 atom stereocenters. The maximum absolute atomic E-state index is 13.4. The van der Waals surface area contributed by atoms with Crippen LogP contribution in [-0.2, 0) is 23.8 Å². The Balaban J connectivity index is 1.76. The lowest BCUT2D eigenvalue weighted by Crippen LogP contribution is -2.63. The van der Waals surface area contributed by atoms with Gasteiger partial charge < -0.3 is 29.5 Å². The van der Waals surface area contributed by atoms with Crippen molar-refractivity contribution >= 4 is 18.0 Å². The second kappa shape index (κ2) is 11.8. The molecule has 0 saturated carbocycles. The number of ether oxygens (including phenoxy) is 3. The van der Waals surface area contributed by atoms with Gasteiger partial charge in [-0.05, 0) is 28.7 Å². The minimum absolute atomic E-state index is 0.0550. The number of carboxylic acid groups (broad SMARTS) is 1. The highest BCUT2D eigenvalue weighted by Gasteiger charge is 2.42. The van der Waals surface area contributed by atoms with Crippen LogP contribution in [0.15, 0.2) is 48.5 Å². The number of hydrogen-bond donors (Lipinski definition) is 2. The number of benzene rings is 2. The number of rotatable bonds is 12. The van der Waals surface area contributed by atoms with Crippen molar-refractivity contribution in [2.75, 3.05) is 47.1 Å². The highest BCUT2D eigenvalue weighted by atomic mass is 16.5. The van der Waals surface area contributed by atoms with E-state index in [9.17, 15) is 19.5 Å². The number of hydrogen-bond acceptors (Lipinski definition) is 6. The van der Waals surface area contributed by atoms with Gasteiger partial charge in [-0.15, -0.1) is 0 Å². The molecule has 9 heteroatoms. The van der Waals surface area contributed by atoms with Crippen molar-refractivity contribution in [2.45, 2.75) is 24.8 Å². The number of amides is 2. The van der Waals surface area contributed by atoms with Crippen molar-refractivity contribution in [3.05, 3.63) is 59.7 Å². The number of fused-ring (bicyclic) bond motifs is 3. The van der Waals surface area contributed by atoms with Crippen molar-refractivity contribution in [1.29, 1.82) is 0 Å². The fourth-order valence-corrected chi connectivity index (χ4v) is 4.49. The molecule has 0 heterocycles. The van der Waals surface area contributed by atoms with Gasteiger partial charge in [0.05, 0.1) is 13.2 Å².